The molecule has 0 amide bonds. The van der Waals surface area contributed by atoms with E-state index in [0.29, 0.717) is 14.1 Å². The Morgan fingerprint density at radius 2 is 2.10 bits per heavy atom. The molecule has 3 heteroatoms. The van der Waals surface area contributed by atoms with E-state index >= 15 is 0 Å². The molecule has 0 aromatic heterocycles. The van der Waals surface area contributed by atoms with Gasteiger partial charge in [-0.15, -0.1) is 0 Å². The van der Waals surface area contributed by atoms with Crippen LogP contribution in [0, 0.1) is 0 Å². The molecular formula is C7H16NOP. The van der Waals surface area contributed by atoms with Crippen LogP contribution in [-0.2, 0) is 4.57 Å². The van der Waals surface area contributed by atoms with Crippen LogP contribution in [0.4, 0.5) is 0 Å². The second-order valence-corrected chi connectivity index (χ2v) is 3.70. The maximum Gasteiger partial charge on any atom is 0.158 e. The van der Waals surface area contributed by atoms with Crippen LogP contribution < -0.4 is 0 Å². The van der Waals surface area contributed by atoms with Gasteiger partial charge in [0.25, 0.3) is 0 Å². The van der Waals surface area contributed by atoms with E-state index in [2.05, 4.69) is 11.8 Å². The van der Waals surface area contributed by atoms with Crippen LogP contribution in [0.25, 0.3) is 0 Å². The van der Waals surface area contributed by atoms with Crippen LogP contribution in [0.3, 0.4) is 0 Å². The van der Waals surface area contributed by atoms with Crippen LogP contribution in [0.5, 0.6) is 0 Å². The van der Waals surface area contributed by atoms with Crippen molar-refractivity contribution in [2.45, 2.75) is 25.4 Å². The van der Waals surface area contributed by atoms with E-state index in [0.717, 1.165) is 19.4 Å². The van der Waals surface area contributed by atoms with Gasteiger partial charge < -0.3 is 4.90 Å². The number of hydrogen-bond acceptors (Lipinski definition) is 2. The van der Waals surface area contributed by atoms with Gasteiger partial charge in [0.2, 0.25) is 0 Å². The lowest BCUT2D eigenvalue weighted by atomic mass is 10.2. The van der Waals surface area contributed by atoms with Gasteiger partial charge in [-0.05, 0) is 33.5 Å². The lowest BCUT2D eigenvalue weighted by molar-refractivity contribution is 0.394. The van der Waals surface area contributed by atoms with Gasteiger partial charge in [-0.3, -0.25) is 4.57 Å². The summed E-state index contributed by atoms with van der Waals surface area (Å²) in [5.74, 6) is 0. The van der Waals surface area contributed by atoms with Crippen molar-refractivity contribution >= 4 is 8.46 Å². The molecule has 0 radical (unpaired) electrons. The van der Waals surface area contributed by atoms with Gasteiger partial charge in [-0.1, -0.05) is 6.92 Å². The Morgan fingerprint density at radius 1 is 1.50 bits per heavy atom. The highest BCUT2D eigenvalue weighted by molar-refractivity contribution is 7.24. The third-order valence-electron chi connectivity index (χ3n) is 1.53. The zero-order valence-electron chi connectivity index (χ0n) is 7.00. The molecule has 10 heavy (non-hydrogen) atoms. The molecule has 0 saturated carbocycles. The Morgan fingerprint density at radius 3 is 2.40 bits per heavy atom. The van der Waals surface area contributed by atoms with Crippen molar-refractivity contribution in [1.82, 2.24) is 4.90 Å². The van der Waals surface area contributed by atoms with Crippen LogP contribution >= 0.6 is 8.46 Å². The van der Waals surface area contributed by atoms with Crippen molar-refractivity contribution in [3.63, 3.8) is 0 Å². The minimum absolute atomic E-state index is 0.304. The van der Waals surface area contributed by atoms with E-state index in [1.807, 2.05) is 14.1 Å². The lowest BCUT2D eigenvalue weighted by Crippen LogP contribution is -2.16. The fraction of sp³-hybridized carbons (Fsp3) is 1.00. The van der Waals surface area contributed by atoms with Crippen molar-refractivity contribution in [2.75, 3.05) is 20.6 Å². The Labute approximate surface area is 64.8 Å². The molecule has 0 bridgehead atoms. The van der Waals surface area contributed by atoms with Crippen molar-refractivity contribution in [1.29, 1.82) is 0 Å². The molecule has 0 heterocycles. The third kappa shape index (κ3) is 4.89. The Balaban J connectivity index is 3.34. The van der Waals surface area contributed by atoms with Crippen molar-refractivity contribution < 1.29 is 4.57 Å². The number of rotatable bonds is 5. The summed E-state index contributed by atoms with van der Waals surface area (Å²) in [6.07, 6.45) is 2.05. The highest BCUT2D eigenvalue weighted by Gasteiger charge is 2.04. The van der Waals surface area contributed by atoms with Crippen LogP contribution in [0.2, 0.25) is 0 Å². The summed E-state index contributed by atoms with van der Waals surface area (Å²) in [5, 5.41) is 0. The van der Waals surface area contributed by atoms with Crippen molar-refractivity contribution in [3.05, 3.63) is 0 Å². The van der Waals surface area contributed by atoms with Crippen LogP contribution in [-0.4, -0.2) is 31.2 Å². The van der Waals surface area contributed by atoms with Gasteiger partial charge in [0, 0.05) is 5.66 Å². The van der Waals surface area contributed by atoms with E-state index in [9.17, 15) is 4.57 Å². The van der Waals surface area contributed by atoms with E-state index in [1.54, 1.807) is 0 Å². The summed E-state index contributed by atoms with van der Waals surface area (Å²) in [5.41, 5.74) is 0.363. The van der Waals surface area contributed by atoms with E-state index in [4.69, 9.17) is 0 Å². The molecule has 0 aliphatic heterocycles. The molecule has 0 spiro atoms. The minimum Gasteiger partial charge on any atom is -0.309 e. The quantitative estimate of drug-likeness (QED) is 0.575. The first-order valence-electron chi connectivity index (χ1n) is 3.68. The Bertz CT molecular complexity index is 95.6. The molecule has 2 nitrogen and oxygen atoms in total. The van der Waals surface area contributed by atoms with Gasteiger partial charge >= 0.3 is 0 Å². The van der Waals surface area contributed by atoms with E-state index in [-0.39, 0.29) is 0 Å². The number of nitrogens with zero attached hydrogens (tertiary/aromatic N) is 1. The van der Waals surface area contributed by atoms with E-state index in [1.165, 1.54) is 0 Å². The molecule has 60 valence electrons. The van der Waals surface area contributed by atoms with Gasteiger partial charge in [0.1, 0.15) is 0 Å². The molecule has 0 saturated heterocycles. The van der Waals surface area contributed by atoms with Gasteiger partial charge in [-0.2, -0.15) is 0 Å². The highest BCUT2D eigenvalue weighted by atomic mass is 31.1. The number of hydrogen-bond donors (Lipinski definition) is 0. The zero-order chi connectivity index (χ0) is 7.98. The predicted octanol–water partition coefficient (Wildman–Crippen LogP) is 2.01. The first-order valence-corrected chi connectivity index (χ1v) is 4.56. The Kier molecular flexibility index (Phi) is 5.85. The maximum atomic E-state index is 10.4. The summed E-state index contributed by atoms with van der Waals surface area (Å²) in [7, 11) is 4.38. The summed E-state index contributed by atoms with van der Waals surface area (Å²) in [6.45, 7) is 3.11. The smallest absolute Gasteiger partial charge is 0.158 e. The van der Waals surface area contributed by atoms with Crippen LogP contribution in [0.1, 0.15) is 19.8 Å². The SMILES string of the molecule is CCC(CCN(C)C)P=O. The van der Waals surface area contributed by atoms with Gasteiger partial charge in [0.05, 0.1) is 0 Å². The average Bonchev–Trinajstić information content (AvgIpc) is 1.90. The molecule has 0 aliphatic rings. The molecule has 0 N–H and O–H groups in total. The molecule has 0 fully saturated rings. The molecule has 1 atom stereocenters. The van der Waals surface area contributed by atoms with Crippen molar-refractivity contribution in [3.8, 4) is 0 Å². The molecule has 0 rings (SSSR count). The largest absolute Gasteiger partial charge is 0.309 e. The molecule has 0 aliphatic carbocycles. The normalized spacial score (nSPS) is 14.4. The lowest BCUT2D eigenvalue weighted by Gasteiger charge is -2.11. The maximum absolute atomic E-state index is 10.4. The first-order chi connectivity index (χ1) is 4.70. The standard InChI is InChI=1S/C7H16NOP/c1-4-7(10-9)5-6-8(2)3/h7H,4-6H2,1-3H3. The molecule has 0 aromatic carbocycles. The Hall–Kier alpha value is 0.0600. The minimum atomic E-state index is 0.304. The first kappa shape index (κ1) is 10.1. The third-order valence-corrected chi connectivity index (χ3v) is 2.45. The second kappa shape index (κ2) is 5.82. The molecule has 0 aromatic rings. The summed E-state index contributed by atoms with van der Waals surface area (Å²) in [4.78, 5) is 2.12. The summed E-state index contributed by atoms with van der Waals surface area (Å²) in [6, 6.07) is 0. The fourth-order valence-electron chi connectivity index (χ4n) is 0.739. The zero-order valence-corrected chi connectivity index (χ0v) is 7.90. The van der Waals surface area contributed by atoms with Crippen molar-refractivity contribution in [2.24, 2.45) is 0 Å². The van der Waals surface area contributed by atoms with Gasteiger partial charge in [0.15, 0.2) is 8.46 Å². The fourth-order valence-corrected chi connectivity index (χ4v) is 1.11. The van der Waals surface area contributed by atoms with Crippen LogP contribution in [0.15, 0.2) is 0 Å². The summed E-state index contributed by atoms with van der Waals surface area (Å²) >= 11 is 0. The van der Waals surface area contributed by atoms with E-state index < -0.39 is 0 Å². The monoisotopic (exact) mass is 161 g/mol. The topological polar surface area (TPSA) is 20.3 Å². The summed E-state index contributed by atoms with van der Waals surface area (Å²) < 4.78 is 10.4. The highest BCUT2D eigenvalue weighted by Crippen LogP contribution is 2.14. The second-order valence-electron chi connectivity index (χ2n) is 2.76. The van der Waals surface area contributed by atoms with Gasteiger partial charge in [-0.25, -0.2) is 0 Å². The molecular weight excluding hydrogens is 145 g/mol. The average molecular weight is 161 g/mol. The predicted molar refractivity (Wildman–Crippen MR) is 44.9 cm³/mol. The molecule has 1 unspecified atom stereocenters.